The first-order valence-corrected chi connectivity index (χ1v) is 3.60. The first-order valence-electron chi connectivity index (χ1n) is 3.22. The SMILES string of the molecule is C=Cc1n[nH]nc1/C(F)=C(\C)Cl. The molecule has 0 atom stereocenters. The van der Waals surface area contributed by atoms with E-state index in [1.807, 2.05) is 0 Å². The Hall–Kier alpha value is -1.16. The Bertz CT molecular complexity index is 325. The minimum absolute atomic E-state index is 0.0481. The number of hydrogen-bond acceptors (Lipinski definition) is 2. The van der Waals surface area contributed by atoms with Crippen molar-refractivity contribution in [3.8, 4) is 0 Å². The van der Waals surface area contributed by atoms with Crippen LogP contribution in [0.3, 0.4) is 0 Å². The minimum atomic E-state index is -0.583. The first kappa shape index (κ1) is 8.93. The Balaban J connectivity index is 3.19. The molecule has 1 rings (SSSR count). The minimum Gasteiger partial charge on any atom is -0.203 e. The number of aromatic amines is 1. The van der Waals surface area contributed by atoms with Crippen LogP contribution in [0.2, 0.25) is 0 Å². The molecule has 1 aromatic heterocycles. The smallest absolute Gasteiger partial charge is 0.167 e. The highest BCUT2D eigenvalue weighted by Crippen LogP contribution is 2.22. The molecule has 0 spiro atoms. The zero-order valence-corrected chi connectivity index (χ0v) is 7.19. The second kappa shape index (κ2) is 3.49. The van der Waals surface area contributed by atoms with Crippen molar-refractivity contribution in [2.24, 2.45) is 0 Å². The van der Waals surface area contributed by atoms with Gasteiger partial charge in [0, 0.05) is 0 Å². The summed E-state index contributed by atoms with van der Waals surface area (Å²) in [5.74, 6) is -0.583. The molecule has 0 amide bonds. The number of nitrogens with one attached hydrogen (secondary N) is 1. The number of hydrogen-bond donors (Lipinski definition) is 1. The fourth-order valence-corrected chi connectivity index (χ4v) is 0.796. The van der Waals surface area contributed by atoms with E-state index in [9.17, 15) is 4.39 Å². The van der Waals surface area contributed by atoms with Crippen LogP contribution < -0.4 is 0 Å². The average molecular weight is 188 g/mol. The molecule has 64 valence electrons. The standard InChI is InChI=1S/C7H7ClFN3/c1-3-5-7(11-12-10-5)6(9)4(2)8/h3H,1H2,2H3,(H,10,11,12)/b6-4-. The molecule has 1 N–H and O–H groups in total. The molecule has 0 bridgehead atoms. The van der Waals surface area contributed by atoms with Gasteiger partial charge in [0.2, 0.25) is 0 Å². The third-order valence-corrected chi connectivity index (χ3v) is 1.44. The molecule has 12 heavy (non-hydrogen) atoms. The summed E-state index contributed by atoms with van der Waals surface area (Å²) >= 11 is 5.44. The number of halogens is 2. The Morgan fingerprint density at radius 2 is 2.33 bits per heavy atom. The maximum absolute atomic E-state index is 13.1. The molecule has 0 saturated carbocycles. The zero-order chi connectivity index (χ0) is 9.14. The van der Waals surface area contributed by atoms with Crippen molar-refractivity contribution < 1.29 is 4.39 Å². The van der Waals surface area contributed by atoms with Gasteiger partial charge in [-0.25, -0.2) is 4.39 Å². The molecule has 3 nitrogen and oxygen atoms in total. The van der Waals surface area contributed by atoms with E-state index >= 15 is 0 Å². The second-order valence-electron chi connectivity index (χ2n) is 2.11. The lowest BCUT2D eigenvalue weighted by molar-refractivity contribution is 0.746. The van der Waals surface area contributed by atoms with Gasteiger partial charge in [0.05, 0.1) is 5.03 Å². The van der Waals surface area contributed by atoms with Crippen molar-refractivity contribution in [3.05, 3.63) is 23.0 Å². The summed E-state index contributed by atoms with van der Waals surface area (Å²) in [5.41, 5.74) is 0.449. The summed E-state index contributed by atoms with van der Waals surface area (Å²) in [4.78, 5) is 0. The molecule has 0 radical (unpaired) electrons. The molecule has 0 aliphatic heterocycles. The van der Waals surface area contributed by atoms with Crippen LogP contribution in [0.1, 0.15) is 18.3 Å². The molecular weight excluding hydrogens is 181 g/mol. The lowest BCUT2D eigenvalue weighted by atomic mass is 10.3. The first-order chi connectivity index (χ1) is 5.66. The maximum Gasteiger partial charge on any atom is 0.167 e. The van der Waals surface area contributed by atoms with E-state index in [0.717, 1.165) is 0 Å². The van der Waals surface area contributed by atoms with Crippen molar-refractivity contribution in [3.63, 3.8) is 0 Å². The number of H-pyrrole nitrogens is 1. The predicted octanol–water partition coefficient (Wildman–Crippen LogP) is 2.34. The largest absolute Gasteiger partial charge is 0.203 e. The van der Waals surface area contributed by atoms with Crippen LogP contribution in [0, 0.1) is 0 Å². The zero-order valence-electron chi connectivity index (χ0n) is 6.43. The summed E-state index contributed by atoms with van der Waals surface area (Å²) < 4.78 is 13.1. The Labute approximate surface area is 73.9 Å². The van der Waals surface area contributed by atoms with Gasteiger partial charge < -0.3 is 0 Å². The number of aromatic nitrogens is 3. The summed E-state index contributed by atoms with van der Waals surface area (Å²) in [5, 5.41) is 9.56. The highest BCUT2D eigenvalue weighted by Gasteiger charge is 2.11. The lowest BCUT2D eigenvalue weighted by Crippen LogP contribution is -1.83. The van der Waals surface area contributed by atoms with E-state index in [2.05, 4.69) is 22.0 Å². The quantitative estimate of drug-likeness (QED) is 0.772. The molecular formula is C7H7ClFN3. The van der Waals surface area contributed by atoms with Gasteiger partial charge in [-0.05, 0) is 13.0 Å². The van der Waals surface area contributed by atoms with E-state index < -0.39 is 5.83 Å². The molecule has 0 aromatic carbocycles. The van der Waals surface area contributed by atoms with Gasteiger partial charge in [-0.3, -0.25) is 0 Å². The van der Waals surface area contributed by atoms with Crippen LogP contribution in [0.25, 0.3) is 11.9 Å². The molecule has 0 aliphatic carbocycles. The Kier molecular flexibility index (Phi) is 2.60. The lowest BCUT2D eigenvalue weighted by Gasteiger charge is -1.92. The van der Waals surface area contributed by atoms with Crippen molar-refractivity contribution >= 4 is 23.5 Å². The van der Waals surface area contributed by atoms with Gasteiger partial charge >= 0.3 is 0 Å². The number of rotatable bonds is 2. The fraction of sp³-hybridized carbons (Fsp3) is 0.143. The number of allylic oxidation sites excluding steroid dienone is 1. The monoisotopic (exact) mass is 187 g/mol. The summed E-state index contributed by atoms with van der Waals surface area (Å²) in [7, 11) is 0. The average Bonchev–Trinajstić information content (AvgIpc) is 2.49. The second-order valence-corrected chi connectivity index (χ2v) is 2.68. The van der Waals surface area contributed by atoms with Crippen molar-refractivity contribution in [2.75, 3.05) is 0 Å². The molecule has 5 heteroatoms. The van der Waals surface area contributed by atoms with Gasteiger partial charge in [-0.2, -0.15) is 15.4 Å². The third-order valence-electron chi connectivity index (χ3n) is 1.28. The van der Waals surface area contributed by atoms with Crippen LogP contribution in [0.15, 0.2) is 11.6 Å². The summed E-state index contributed by atoms with van der Waals surface area (Å²) in [6.07, 6.45) is 1.40. The van der Waals surface area contributed by atoms with Crippen molar-refractivity contribution in [1.29, 1.82) is 0 Å². The Morgan fingerprint density at radius 1 is 1.67 bits per heavy atom. The third kappa shape index (κ3) is 1.53. The van der Waals surface area contributed by atoms with Crippen LogP contribution in [-0.2, 0) is 0 Å². The summed E-state index contributed by atoms with van der Waals surface area (Å²) in [6, 6.07) is 0. The van der Waals surface area contributed by atoms with Gasteiger partial charge in [-0.15, -0.1) is 0 Å². The van der Waals surface area contributed by atoms with Gasteiger partial charge in [0.1, 0.15) is 11.4 Å². The van der Waals surface area contributed by atoms with E-state index in [1.54, 1.807) is 0 Å². The number of nitrogens with zero attached hydrogens (tertiary/aromatic N) is 2. The van der Waals surface area contributed by atoms with Gasteiger partial charge in [0.25, 0.3) is 0 Å². The van der Waals surface area contributed by atoms with Crippen molar-refractivity contribution in [2.45, 2.75) is 6.92 Å². The van der Waals surface area contributed by atoms with E-state index in [0.29, 0.717) is 5.69 Å². The highest BCUT2D eigenvalue weighted by atomic mass is 35.5. The normalized spacial score (nSPS) is 12.6. The topological polar surface area (TPSA) is 41.6 Å². The van der Waals surface area contributed by atoms with Gasteiger partial charge in [0.15, 0.2) is 5.83 Å². The Morgan fingerprint density at radius 3 is 2.83 bits per heavy atom. The predicted molar refractivity (Wildman–Crippen MR) is 46.0 cm³/mol. The highest BCUT2D eigenvalue weighted by molar-refractivity contribution is 6.31. The van der Waals surface area contributed by atoms with Crippen LogP contribution in [0.5, 0.6) is 0 Å². The fourth-order valence-electron chi connectivity index (χ4n) is 0.706. The maximum atomic E-state index is 13.1. The molecule has 1 heterocycles. The van der Waals surface area contributed by atoms with E-state index in [1.165, 1.54) is 13.0 Å². The van der Waals surface area contributed by atoms with Crippen molar-refractivity contribution in [1.82, 2.24) is 15.4 Å². The van der Waals surface area contributed by atoms with Crippen LogP contribution in [-0.4, -0.2) is 15.4 Å². The van der Waals surface area contributed by atoms with Gasteiger partial charge in [-0.1, -0.05) is 18.2 Å². The molecule has 0 unspecified atom stereocenters. The van der Waals surface area contributed by atoms with E-state index in [-0.39, 0.29) is 10.7 Å². The summed E-state index contributed by atoms with van der Waals surface area (Å²) in [6.45, 7) is 4.89. The van der Waals surface area contributed by atoms with E-state index in [4.69, 9.17) is 11.6 Å². The molecule has 0 fully saturated rings. The van der Waals surface area contributed by atoms with Crippen LogP contribution >= 0.6 is 11.6 Å². The molecule has 0 aliphatic rings. The molecule has 0 saturated heterocycles. The molecule has 1 aromatic rings. The van der Waals surface area contributed by atoms with Crippen LogP contribution in [0.4, 0.5) is 4.39 Å².